The Morgan fingerprint density at radius 2 is 2.12 bits per heavy atom. The number of nitrogens with one attached hydrogen (secondary N) is 1. The molecule has 7 heteroatoms. The number of aryl methyl sites for hydroxylation is 1. The normalized spacial score (nSPS) is 15.6. The SMILES string of the molecule is CCNC(=NCc1cnc(C)s1)N1CCN(c2cccc(Cl)c2)CC1. The van der Waals surface area contributed by atoms with Gasteiger partial charge in [-0.1, -0.05) is 17.7 Å². The molecule has 0 aliphatic carbocycles. The van der Waals surface area contributed by atoms with Crippen LogP contribution in [0, 0.1) is 6.92 Å². The van der Waals surface area contributed by atoms with Crippen LogP contribution >= 0.6 is 22.9 Å². The maximum Gasteiger partial charge on any atom is 0.194 e. The minimum atomic E-state index is 0.683. The van der Waals surface area contributed by atoms with Gasteiger partial charge in [0, 0.05) is 54.5 Å². The molecule has 2 aromatic rings. The van der Waals surface area contributed by atoms with Crippen LogP contribution < -0.4 is 10.2 Å². The highest BCUT2D eigenvalue weighted by molar-refractivity contribution is 7.11. The van der Waals surface area contributed by atoms with Crippen LogP contribution in [0.2, 0.25) is 5.02 Å². The van der Waals surface area contributed by atoms with Gasteiger partial charge in [-0.25, -0.2) is 9.98 Å². The van der Waals surface area contributed by atoms with E-state index in [4.69, 9.17) is 16.6 Å². The molecular weight excluding hydrogens is 354 g/mol. The molecule has 1 aliphatic heterocycles. The molecule has 1 saturated heterocycles. The molecule has 134 valence electrons. The second-order valence-corrected chi connectivity index (χ2v) is 7.73. The number of guanidine groups is 1. The summed E-state index contributed by atoms with van der Waals surface area (Å²) >= 11 is 7.82. The van der Waals surface area contributed by atoms with E-state index in [0.29, 0.717) is 6.54 Å². The van der Waals surface area contributed by atoms with Crippen molar-refractivity contribution >= 4 is 34.6 Å². The highest BCUT2D eigenvalue weighted by Gasteiger charge is 2.20. The zero-order valence-corrected chi connectivity index (χ0v) is 16.3. The number of aliphatic imine (C=N–C) groups is 1. The molecule has 2 heterocycles. The minimum absolute atomic E-state index is 0.683. The van der Waals surface area contributed by atoms with Crippen molar-refractivity contribution < 1.29 is 0 Å². The first-order valence-electron chi connectivity index (χ1n) is 8.61. The third-order valence-corrected chi connectivity index (χ3v) is 5.27. The van der Waals surface area contributed by atoms with Gasteiger partial charge in [0.2, 0.25) is 0 Å². The number of piperazine rings is 1. The van der Waals surface area contributed by atoms with Crippen molar-refractivity contribution in [1.82, 2.24) is 15.2 Å². The van der Waals surface area contributed by atoms with Crippen molar-refractivity contribution in [3.05, 3.63) is 45.4 Å². The van der Waals surface area contributed by atoms with E-state index in [9.17, 15) is 0 Å². The van der Waals surface area contributed by atoms with Crippen molar-refractivity contribution in [3.8, 4) is 0 Å². The Hall–Kier alpha value is -1.79. The number of aromatic nitrogens is 1. The van der Waals surface area contributed by atoms with Gasteiger partial charge in [-0.2, -0.15) is 0 Å². The van der Waals surface area contributed by atoms with Crippen LogP contribution in [0.4, 0.5) is 5.69 Å². The monoisotopic (exact) mass is 377 g/mol. The first kappa shape index (κ1) is 18.0. The number of nitrogens with zero attached hydrogens (tertiary/aromatic N) is 4. The van der Waals surface area contributed by atoms with Crippen molar-refractivity contribution in [2.24, 2.45) is 4.99 Å². The van der Waals surface area contributed by atoms with Gasteiger partial charge >= 0.3 is 0 Å². The fraction of sp³-hybridized carbons (Fsp3) is 0.444. The van der Waals surface area contributed by atoms with Crippen LogP contribution in [0.1, 0.15) is 16.8 Å². The minimum Gasteiger partial charge on any atom is -0.368 e. The number of hydrogen-bond donors (Lipinski definition) is 1. The van der Waals surface area contributed by atoms with E-state index in [-0.39, 0.29) is 0 Å². The Labute approximate surface area is 158 Å². The van der Waals surface area contributed by atoms with Crippen LogP contribution in [-0.4, -0.2) is 48.6 Å². The summed E-state index contributed by atoms with van der Waals surface area (Å²) in [5.41, 5.74) is 1.19. The maximum absolute atomic E-state index is 6.12. The number of anilines is 1. The third kappa shape index (κ3) is 4.86. The average molecular weight is 378 g/mol. The fourth-order valence-corrected chi connectivity index (χ4v) is 3.81. The summed E-state index contributed by atoms with van der Waals surface area (Å²) in [5.74, 6) is 0.985. The number of halogens is 1. The first-order chi connectivity index (χ1) is 12.2. The first-order valence-corrected chi connectivity index (χ1v) is 9.80. The molecule has 3 rings (SSSR count). The lowest BCUT2D eigenvalue weighted by Gasteiger charge is -2.37. The zero-order valence-electron chi connectivity index (χ0n) is 14.7. The molecule has 0 spiro atoms. The molecule has 0 saturated carbocycles. The third-order valence-electron chi connectivity index (χ3n) is 4.14. The molecule has 0 bridgehead atoms. The smallest absolute Gasteiger partial charge is 0.194 e. The summed E-state index contributed by atoms with van der Waals surface area (Å²) in [7, 11) is 0. The topological polar surface area (TPSA) is 43.8 Å². The summed E-state index contributed by atoms with van der Waals surface area (Å²) in [6.07, 6.45) is 1.92. The summed E-state index contributed by atoms with van der Waals surface area (Å²) < 4.78 is 0. The van der Waals surface area contributed by atoms with Crippen molar-refractivity contribution in [2.45, 2.75) is 20.4 Å². The lowest BCUT2D eigenvalue weighted by atomic mass is 10.2. The molecular formula is C18H24ClN5S. The van der Waals surface area contributed by atoms with Crippen LogP contribution in [0.5, 0.6) is 0 Å². The van der Waals surface area contributed by atoms with Crippen molar-refractivity contribution in [3.63, 3.8) is 0 Å². The number of thiazole rings is 1. The summed E-state index contributed by atoms with van der Waals surface area (Å²) in [6, 6.07) is 8.07. The van der Waals surface area contributed by atoms with E-state index in [2.05, 4.69) is 33.1 Å². The van der Waals surface area contributed by atoms with Crippen molar-refractivity contribution in [1.29, 1.82) is 0 Å². The second kappa shape index (κ2) is 8.54. The molecule has 0 amide bonds. The van der Waals surface area contributed by atoms with E-state index in [1.807, 2.05) is 31.3 Å². The molecule has 1 aromatic carbocycles. The molecule has 5 nitrogen and oxygen atoms in total. The standard InChI is InChI=1S/C18H24ClN5S/c1-3-20-18(22-13-17-12-21-14(2)25-17)24-9-7-23(8-10-24)16-6-4-5-15(19)11-16/h4-6,11-12H,3,7-10,13H2,1-2H3,(H,20,22). The molecule has 25 heavy (non-hydrogen) atoms. The van der Waals surface area contributed by atoms with Crippen LogP contribution in [0.25, 0.3) is 0 Å². The molecule has 0 unspecified atom stereocenters. The van der Waals surface area contributed by atoms with E-state index in [1.54, 1.807) is 11.3 Å². The van der Waals surface area contributed by atoms with E-state index < -0.39 is 0 Å². The molecule has 0 atom stereocenters. The van der Waals surface area contributed by atoms with Crippen LogP contribution in [0.15, 0.2) is 35.5 Å². The molecule has 1 N–H and O–H groups in total. The van der Waals surface area contributed by atoms with Gasteiger partial charge in [-0.05, 0) is 32.0 Å². The predicted molar refractivity (Wildman–Crippen MR) is 107 cm³/mol. The lowest BCUT2D eigenvalue weighted by molar-refractivity contribution is 0.372. The summed E-state index contributed by atoms with van der Waals surface area (Å²) in [6.45, 7) is 9.50. The van der Waals surface area contributed by atoms with Gasteiger partial charge in [0.05, 0.1) is 11.6 Å². The van der Waals surface area contributed by atoms with Gasteiger partial charge in [-0.3, -0.25) is 0 Å². The predicted octanol–water partition coefficient (Wildman–Crippen LogP) is 3.39. The second-order valence-electron chi connectivity index (χ2n) is 5.97. The van der Waals surface area contributed by atoms with E-state index in [1.165, 1.54) is 10.6 Å². The van der Waals surface area contributed by atoms with Crippen LogP contribution in [0.3, 0.4) is 0 Å². The van der Waals surface area contributed by atoms with Gasteiger partial charge in [0.1, 0.15) is 0 Å². The Morgan fingerprint density at radius 1 is 1.32 bits per heavy atom. The molecule has 1 aliphatic rings. The lowest BCUT2D eigenvalue weighted by Crippen LogP contribution is -2.52. The van der Waals surface area contributed by atoms with Gasteiger partial charge in [0.15, 0.2) is 5.96 Å². The van der Waals surface area contributed by atoms with Gasteiger partial charge in [-0.15, -0.1) is 11.3 Å². The maximum atomic E-state index is 6.12. The van der Waals surface area contributed by atoms with Gasteiger partial charge < -0.3 is 15.1 Å². The van der Waals surface area contributed by atoms with Gasteiger partial charge in [0.25, 0.3) is 0 Å². The number of benzene rings is 1. The largest absolute Gasteiger partial charge is 0.368 e. The highest BCUT2D eigenvalue weighted by atomic mass is 35.5. The van der Waals surface area contributed by atoms with E-state index in [0.717, 1.165) is 48.7 Å². The Kier molecular flexibility index (Phi) is 6.15. The molecule has 0 radical (unpaired) electrons. The number of hydrogen-bond acceptors (Lipinski definition) is 4. The summed E-state index contributed by atoms with van der Waals surface area (Å²) in [5, 5.41) is 5.29. The molecule has 1 aromatic heterocycles. The van der Waals surface area contributed by atoms with Crippen LogP contribution in [-0.2, 0) is 6.54 Å². The Bertz CT molecular complexity index is 722. The zero-order chi connectivity index (χ0) is 17.6. The number of rotatable bonds is 4. The summed E-state index contributed by atoms with van der Waals surface area (Å²) in [4.78, 5) is 15.0. The van der Waals surface area contributed by atoms with Crippen molar-refractivity contribution in [2.75, 3.05) is 37.6 Å². The van der Waals surface area contributed by atoms with E-state index >= 15 is 0 Å². The Morgan fingerprint density at radius 3 is 2.76 bits per heavy atom. The molecule has 1 fully saturated rings. The Balaban J connectivity index is 1.62. The average Bonchev–Trinajstić information content (AvgIpc) is 3.04. The fourth-order valence-electron chi connectivity index (χ4n) is 2.91. The highest BCUT2D eigenvalue weighted by Crippen LogP contribution is 2.21. The quantitative estimate of drug-likeness (QED) is 0.655.